The molecule has 0 aromatic heterocycles. The van der Waals surface area contributed by atoms with Crippen LogP contribution in [-0.2, 0) is 0 Å². The van der Waals surface area contributed by atoms with E-state index in [-0.39, 0.29) is 16.5 Å². The van der Waals surface area contributed by atoms with Crippen molar-refractivity contribution in [2.24, 2.45) is 0 Å². The Hall–Kier alpha value is 1.44. The molecule has 2 aliphatic carbocycles. The van der Waals surface area contributed by atoms with Crippen molar-refractivity contribution >= 4 is 69.6 Å². The number of allylic oxidation sites excluding steroid dienone is 1. The van der Waals surface area contributed by atoms with E-state index in [1.165, 1.54) is 0 Å². The van der Waals surface area contributed by atoms with Gasteiger partial charge in [0.05, 0.1) is 16.2 Å². The first-order valence-electron chi connectivity index (χ1n) is 3.69. The predicted octanol–water partition coefficient (Wildman–Crippen LogP) is 3.58. The molecule has 2 bridgehead atoms. The summed E-state index contributed by atoms with van der Waals surface area (Å²) in [7, 11) is 0. The summed E-state index contributed by atoms with van der Waals surface area (Å²) < 4.78 is -1.60. The first kappa shape index (κ1) is 11.9. The molecule has 0 spiro atoms. The van der Waals surface area contributed by atoms with E-state index in [1.54, 1.807) is 0 Å². The first-order chi connectivity index (χ1) is 6.19. The van der Waals surface area contributed by atoms with Gasteiger partial charge in [-0.3, -0.25) is 0 Å². The number of hydrogen-bond acceptors (Lipinski definition) is 1. The quantitative estimate of drug-likeness (QED) is 0.677. The second kappa shape index (κ2) is 3.01. The fourth-order valence-corrected chi connectivity index (χ4v) is 4.52. The third-order valence-electron chi connectivity index (χ3n) is 2.75. The number of alkyl halides is 4. The van der Waals surface area contributed by atoms with Crippen molar-refractivity contribution in [3.05, 3.63) is 10.1 Å². The van der Waals surface area contributed by atoms with Crippen molar-refractivity contribution in [2.75, 3.05) is 0 Å². The number of hydrogen-bond donors (Lipinski definition) is 1. The van der Waals surface area contributed by atoms with Gasteiger partial charge in [0, 0.05) is 6.42 Å². The Morgan fingerprint density at radius 1 is 1.07 bits per heavy atom. The van der Waals surface area contributed by atoms with Crippen molar-refractivity contribution in [3.63, 3.8) is 0 Å². The van der Waals surface area contributed by atoms with E-state index < -0.39 is 20.2 Å². The second-order valence-electron chi connectivity index (χ2n) is 3.44. The van der Waals surface area contributed by atoms with Crippen LogP contribution in [0.2, 0.25) is 0 Å². The number of rotatable bonds is 0. The van der Waals surface area contributed by atoms with Gasteiger partial charge >= 0.3 is 0 Å². The van der Waals surface area contributed by atoms with Gasteiger partial charge in [0.15, 0.2) is 4.33 Å². The van der Waals surface area contributed by atoms with E-state index in [9.17, 15) is 5.11 Å². The molecule has 1 N–H and O–H groups in total. The van der Waals surface area contributed by atoms with E-state index in [0.717, 1.165) is 0 Å². The van der Waals surface area contributed by atoms with Gasteiger partial charge in [-0.2, -0.15) is 0 Å². The van der Waals surface area contributed by atoms with Crippen LogP contribution >= 0.6 is 69.6 Å². The molecule has 0 radical (unpaired) electrons. The lowest BCUT2D eigenvalue weighted by molar-refractivity contribution is 0.157. The fraction of sp³-hybridized carbons (Fsp3) is 0.714. The van der Waals surface area contributed by atoms with Crippen molar-refractivity contribution in [3.8, 4) is 0 Å². The monoisotopic (exact) mass is 314 g/mol. The van der Waals surface area contributed by atoms with Gasteiger partial charge in [-0.1, -0.05) is 46.4 Å². The van der Waals surface area contributed by atoms with Crippen LogP contribution in [0.5, 0.6) is 0 Å². The molecule has 2 rings (SSSR count). The summed E-state index contributed by atoms with van der Waals surface area (Å²) in [6.45, 7) is 0. The maximum absolute atomic E-state index is 9.71. The lowest BCUT2D eigenvalue weighted by atomic mass is 10.0. The van der Waals surface area contributed by atoms with Crippen LogP contribution in [0.4, 0.5) is 0 Å². The van der Waals surface area contributed by atoms with Crippen LogP contribution < -0.4 is 0 Å². The molecule has 0 amide bonds. The van der Waals surface area contributed by atoms with Crippen molar-refractivity contribution in [2.45, 2.75) is 26.6 Å². The highest BCUT2D eigenvalue weighted by molar-refractivity contribution is 6.65. The number of aliphatic hydroxyl groups is 1. The largest absolute Gasteiger partial charge is 0.391 e. The standard InChI is InChI=1S/C7H4Cl6O/c8-3-4(9)6(11)2(14)1-5(3,10)7(6,12)13/h2,14H,1H2/t2-,5-,6-/m0/s1. The SMILES string of the molecule is O[C@H]1C[C@]2(Cl)C(Cl)=C(Cl)[C@]1(Cl)C2(Cl)Cl. The topological polar surface area (TPSA) is 20.2 Å². The molecule has 0 aromatic carbocycles. The minimum atomic E-state index is -1.60. The zero-order valence-corrected chi connectivity index (χ0v) is 11.0. The molecule has 0 heterocycles. The number of aliphatic hydroxyl groups excluding tert-OH is 1. The van der Waals surface area contributed by atoms with Crippen molar-refractivity contribution < 1.29 is 5.11 Å². The van der Waals surface area contributed by atoms with Crippen molar-refractivity contribution in [1.29, 1.82) is 0 Å². The van der Waals surface area contributed by atoms with Gasteiger partial charge in [0.2, 0.25) is 0 Å². The minimum absolute atomic E-state index is 0.0274. The molecule has 0 unspecified atom stereocenters. The minimum Gasteiger partial charge on any atom is -0.391 e. The lowest BCUT2D eigenvalue weighted by Crippen LogP contribution is -2.45. The number of fused-ring (bicyclic) bond motifs is 2. The maximum Gasteiger partial charge on any atom is 0.168 e. The Bertz CT molecular complexity index is 339. The highest BCUT2D eigenvalue weighted by Gasteiger charge is 2.78. The predicted molar refractivity (Wildman–Crippen MR) is 61.0 cm³/mol. The molecule has 1 saturated carbocycles. The first-order valence-corrected chi connectivity index (χ1v) is 5.96. The zero-order valence-electron chi connectivity index (χ0n) is 6.50. The molecule has 1 nitrogen and oxygen atoms in total. The maximum atomic E-state index is 9.71. The molecular weight excluding hydrogens is 313 g/mol. The van der Waals surface area contributed by atoms with Gasteiger partial charge in [0.25, 0.3) is 0 Å². The highest BCUT2D eigenvalue weighted by atomic mass is 35.5. The van der Waals surface area contributed by atoms with Gasteiger partial charge in [-0.05, 0) is 0 Å². The summed E-state index contributed by atoms with van der Waals surface area (Å²) >= 11 is 36.1. The molecule has 3 atom stereocenters. The average Bonchev–Trinajstić information content (AvgIpc) is 2.27. The van der Waals surface area contributed by atoms with Crippen LogP contribution in [0.25, 0.3) is 0 Å². The van der Waals surface area contributed by atoms with Crippen LogP contribution in [0.15, 0.2) is 10.1 Å². The lowest BCUT2D eigenvalue weighted by Gasteiger charge is -2.31. The summed E-state index contributed by atoms with van der Waals surface area (Å²) in [6.07, 6.45) is -0.924. The van der Waals surface area contributed by atoms with Crippen LogP contribution in [0.3, 0.4) is 0 Å². The fourth-order valence-electron chi connectivity index (χ4n) is 1.88. The third kappa shape index (κ3) is 0.964. The highest BCUT2D eigenvalue weighted by Crippen LogP contribution is 2.72. The van der Waals surface area contributed by atoms with E-state index in [1.807, 2.05) is 0 Å². The molecule has 14 heavy (non-hydrogen) atoms. The molecular formula is C7H4Cl6O. The van der Waals surface area contributed by atoms with Crippen LogP contribution in [0, 0.1) is 0 Å². The normalized spacial score (nSPS) is 50.4. The summed E-state index contributed by atoms with van der Waals surface area (Å²) in [5, 5.41) is 9.85. The molecule has 0 aliphatic heterocycles. The molecule has 80 valence electrons. The molecule has 1 fully saturated rings. The second-order valence-corrected chi connectivity index (χ2v) is 6.76. The Balaban J connectivity index is 2.70. The average molecular weight is 317 g/mol. The van der Waals surface area contributed by atoms with Crippen LogP contribution in [-0.4, -0.2) is 25.3 Å². The van der Waals surface area contributed by atoms with E-state index in [4.69, 9.17) is 69.6 Å². The van der Waals surface area contributed by atoms with Gasteiger partial charge < -0.3 is 5.11 Å². The summed E-state index contributed by atoms with van der Waals surface area (Å²) in [5.41, 5.74) is 0. The van der Waals surface area contributed by atoms with Crippen LogP contribution in [0.1, 0.15) is 6.42 Å². The Morgan fingerprint density at radius 2 is 1.57 bits per heavy atom. The van der Waals surface area contributed by atoms with E-state index in [2.05, 4.69) is 0 Å². The van der Waals surface area contributed by atoms with Gasteiger partial charge in [-0.25, -0.2) is 0 Å². The summed E-state index contributed by atoms with van der Waals surface area (Å²) in [6, 6.07) is 0. The Labute approximate surface area is 111 Å². The molecule has 7 heteroatoms. The Kier molecular flexibility index (Phi) is 2.56. The number of halogens is 6. The third-order valence-corrected chi connectivity index (χ3v) is 7.02. The summed E-state index contributed by atoms with van der Waals surface area (Å²) in [5.74, 6) is 0. The van der Waals surface area contributed by atoms with Crippen molar-refractivity contribution in [1.82, 2.24) is 0 Å². The zero-order chi connectivity index (χ0) is 10.9. The van der Waals surface area contributed by atoms with E-state index >= 15 is 0 Å². The van der Waals surface area contributed by atoms with Gasteiger partial charge in [0.1, 0.15) is 9.75 Å². The molecule has 0 aromatic rings. The van der Waals surface area contributed by atoms with E-state index in [0.29, 0.717) is 0 Å². The van der Waals surface area contributed by atoms with Gasteiger partial charge in [-0.15, -0.1) is 23.2 Å². The Morgan fingerprint density at radius 3 is 1.86 bits per heavy atom. The molecule has 0 saturated heterocycles. The smallest absolute Gasteiger partial charge is 0.168 e. The summed E-state index contributed by atoms with van der Waals surface area (Å²) in [4.78, 5) is -2.80. The molecule has 2 aliphatic rings.